The zero-order valence-electron chi connectivity index (χ0n) is 24.6. The highest BCUT2D eigenvalue weighted by Gasteiger charge is 2.37. The maximum absolute atomic E-state index is 13.6. The number of halogens is 6. The summed E-state index contributed by atoms with van der Waals surface area (Å²) in [5, 5.41) is 12.2. The molecular formula is C30H37F6N7. The van der Waals surface area contributed by atoms with Gasteiger partial charge in [-0.3, -0.25) is 0 Å². The van der Waals surface area contributed by atoms with Crippen molar-refractivity contribution in [1.29, 1.82) is 0 Å². The van der Waals surface area contributed by atoms with E-state index in [1.165, 1.54) is 30.5 Å². The van der Waals surface area contributed by atoms with E-state index in [0.29, 0.717) is 11.8 Å². The molecule has 0 N–H and O–H groups in total. The summed E-state index contributed by atoms with van der Waals surface area (Å²) in [4.78, 5) is 10.2. The summed E-state index contributed by atoms with van der Waals surface area (Å²) in [7, 11) is 1.55. The predicted octanol–water partition coefficient (Wildman–Crippen LogP) is 6.99. The maximum atomic E-state index is 13.6. The molecule has 2 fully saturated rings. The highest BCUT2D eigenvalue weighted by Crippen LogP contribution is 2.39. The highest BCUT2D eigenvalue weighted by atomic mass is 19.4. The fraction of sp³-hybridized carbons (Fsp3) is 0.600. The van der Waals surface area contributed by atoms with Gasteiger partial charge < -0.3 is 9.80 Å². The van der Waals surface area contributed by atoms with E-state index >= 15 is 0 Å². The summed E-state index contributed by atoms with van der Waals surface area (Å²) in [6.45, 7) is 5.66. The molecule has 1 aromatic carbocycles. The molecule has 43 heavy (non-hydrogen) atoms. The summed E-state index contributed by atoms with van der Waals surface area (Å²) in [6, 6.07) is 3.76. The highest BCUT2D eigenvalue weighted by molar-refractivity contribution is 5.53. The number of benzene rings is 1. The number of aryl methyl sites for hydroxylation is 3. The third-order valence-corrected chi connectivity index (χ3v) is 7.92. The molecule has 3 aliphatic rings. The van der Waals surface area contributed by atoms with Gasteiger partial charge in [-0.05, 0) is 97.4 Å². The number of alkyl halides is 6. The number of hydrogen-bond acceptors (Lipinski definition) is 6. The molecular weight excluding hydrogens is 572 g/mol. The average molecular weight is 610 g/mol. The molecule has 0 radical (unpaired) electrons. The number of pyridine rings is 1. The molecule has 0 amide bonds. The van der Waals surface area contributed by atoms with Crippen molar-refractivity contribution in [1.82, 2.24) is 25.2 Å². The monoisotopic (exact) mass is 609 g/mol. The van der Waals surface area contributed by atoms with Crippen LogP contribution >= 0.6 is 0 Å². The van der Waals surface area contributed by atoms with Gasteiger partial charge in [-0.2, -0.15) is 31.1 Å². The Morgan fingerprint density at radius 1 is 0.814 bits per heavy atom. The largest absolute Gasteiger partial charge is 0.416 e. The van der Waals surface area contributed by atoms with Gasteiger partial charge in [-0.1, -0.05) is 18.9 Å². The lowest BCUT2D eigenvalue weighted by Gasteiger charge is -2.29. The molecule has 0 unspecified atom stereocenters. The van der Waals surface area contributed by atoms with E-state index < -0.39 is 23.5 Å². The van der Waals surface area contributed by atoms with Crippen molar-refractivity contribution in [2.24, 2.45) is 18.9 Å². The van der Waals surface area contributed by atoms with Gasteiger partial charge in [-0.25, -0.2) is 4.98 Å². The molecule has 2 aromatic heterocycles. The van der Waals surface area contributed by atoms with Crippen LogP contribution in [0.1, 0.15) is 79.5 Å². The molecule has 0 aliphatic heterocycles. The van der Waals surface area contributed by atoms with Gasteiger partial charge in [0.05, 0.1) is 18.2 Å². The molecule has 7 nitrogen and oxygen atoms in total. The minimum Gasteiger partial charge on any atom is -0.356 e. The molecule has 2 saturated carbocycles. The second-order valence-corrected chi connectivity index (χ2v) is 11.6. The predicted molar refractivity (Wildman–Crippen MR) is 150 cm³/mol. The topological polar surface area (TPSA) is 63.0 Å². The first-order valence-electron chi connectivity index (χ1n) is 15.0. The summed E-state index contributed by atoms with van der Waals surface area (Å²) in [5.41, 5.74) is 0.207. The van der Waals surface area contributed by atoms with Gasteiger partial charge in [-0.15, -0.1) is 5.10 Å². The quantitative estimate of drug-likeness (QED) is 0.231. The molecule has 0 saturated heterocycles. The van der Waals surface area contributed by atoms with Crippen LogP contribution in [0.4, 0.5) is 38.1 Å². The van der Waals surface area contributed by atoms with Crippen molar-refractivity contribution >= 4 is 11.8 Å². The molecule has 13 heteroatoms. The zero-order valence-corrected chi connectivity index (χ0v) is 24.6. The van der Waals surface area contributed by atoms with Crippen molar-refractivity contribution in [3.8, 4) is 0 Å². The maximum Gasteiger partial charge on any atom is 0.416 e. The van der Waals surface area contributed by atoms with E-state index in [2.05, 4.69) is 26.4 Å². The Hall–Kier alpha value is -3.38. The Morgan fingerprint density at radius 3 is 1.93 bits per heavy atom. The summed E-state index contributed by atoms with van der Waals surface area (Å²) in [5.74, 6) is 2.18. The second kappa shape index (κ2) is 12.3. The minimum absolute atomic E-state index is 0.112. The smallest absolute Gasteiger partial charge is 0.356 e. The van der Waals surface area contributed by atoms with Gasteiger partial charge in [0.15, 0.2) is 0 Å². The first-order valence-corrected chi connectivity index (χ1v) is 15.0. The fourth-order valence-corrected chi connectivity index (χ4v) is 5.51. The van der Waals surface area contributed by atoms with Crippen LogP contribution < -0.4 is 9.80 Å². The molecule has 234 valence electrons. The molecule has 0 spiro atoms. The van der Waals surface area contributed by atoms with E-state index in [9.17, 15) is 26.3 Å². The Bertz CT molecular complexity index is 1360. The molecule has 2 heterocycles. The van der Waals surface area contributed by atoms with Crippen LogP contribution in [0.5, 0.6) is 0 Å². The average Bonchev–Trinajstić information content (AvgIpc) is 3.86. The van der Waals surface area contributed by atoms with Crippen molar-refractivity contribution in [3.05, 3.63) is 57.8 Å². The van der Waals surface area contributed by atoms with E-state index in [1.54, 1.807) is 11.9 Å². The van der Waals surface area contributed by atoms with Crippen LogP contribution in [0.2, 0.25) is 0 Å². The Balaban J connectivity index is 0.00000180. The Kier molecular flexibility index (Phi) is 8.89. The molecule has 3 aromatic rings. The van der Waals surface area contributed by atoms with Crippen LogP contribution in [0, 0.1) is 11.8 Å². The van der Waals surface area contributed by atoms with Crippen molar-refractivity contribution in [3.63, 3.8) is 0 Å². The number of aromatic nitrogens is 5. The van der Waals surface area contributed by atoms with Crippen molar-refractivity contribution < 1.29 is 26.3 Å². The SMILES string of the molecule is CC.Cn1nnc(N(Cc2cc(C(F)(F)F)cc(C(F)(F)F)c2)Cc2cc3c(nc2N(CC2CC2)CC2CC2)CCC3)n1. The lowest BCUT2D eigenvalue weighted by molar-refractivity contribution is -0.143. The summed E-state index contributed by atoms with van der Waals surface area (Å²) in [6.07, 6.45) is -2.40. The standard InChI is InChI=1S/C28H31F6N7.C2H6/c1-39-37-26(36-38-39)41(15-19-9-22(27(29,30)31)12-23(10-19)28(32,33)34)16-21-11-20-3-2-4-24(20)35-25(21)40(13-17-5-6-17)14-18-7-8-18;1-2/h9-12,17-18H,2-8,13-16H2,1H3;1-2H3. The number of fused-ring (bicyclic) bond motifs is 1. The number of tetrazole rings is 1. The van der Waals surface area contributed by atoms with E-state index in [1.807, 2.05) is 13.8 Å². The van der Waals surface area contributed by atoms with Crippen LogP contribution in [0.25, 0.3) is 0 Å². The van der Waals surface area contributed by atoms with Crippen LogP contribution in [0.3, 0.4) is 0 Å². The summed E-state index contributed by atoms with van der Waals surface area (Å²) < 4.78 is 81.6. The molecule has 6 rings (SSSR count). The Labute approximate surface area is 247 Å². The van der Waals surface area contributed by atoms with E-state index in [4.69, 9.17) is 4.98 Å². The van der Waals surface area contributed by atoms with Gasteiger partial charge in [0.1, 0.15) is 5.82 Å². The third-order valence-electron chi connectivity index (χ3n) is 7.92. The van der Waals surface area contributed by atoms with E-state index in [0.717, 1.165) is 67.1 Å². The van der Waals surface area contributed by atoms with Crippen molar-refractivity contribution in [2.45, 2.75) is 84.2 Å². The number of rotatable bonds is 10. The Morgan fingerprint density at radius 2 is 1.42 bits per heavy atom. The molecule has 0 bridgehead atoms. The molecule has 0 atom stereocenters. The fourth-order valence-electron chi connectivity index (χ4n) is 5.51. The minimum atomic E-state index is -4.94. The summed E-state index contributed by atoms with van der Waals surface area (Å²) >= 11 is 0. The van der Waals surface area contributed by atoms with Crippen LogP contribution in [0.15, 0.2) is 24.3 Å². The van der Waals surface area contributed by atoms with Crippen LogP contribution in [-0.4, -0.2) is 38.3 Å². The second-order valence-electron chi connectivity index (χ2n) is 11.6. The zero-order chi connectivity index (χ0) is 30.9. The van der Waals surface area contributed by atoms with Gasteiger partial charge in [0.2, 0.25) is 0 Å². The van der Waals surface area contributed by atoms with Gasteiger partial charge in [0, 0.05) is 37.4 Å². The van der Waals surface area contributed by atoms with Crippen molar-refractivity contribution in [2.75, 3.05) is 22.9 Å². The lowest BCUT2D eigenvalue weighted by Crippen LogP contribution is -2.32. The van der Waals surface area contributed by atoms with E-state index in [-0.39, 0.29) is 30.7 Å². The van der Waals surface area contributed by atoms with Gasteiger partial charge in [0.25, 0.3) is 5.95 Å². The number of anilines is 2. The first-order chi connectivity index (χ1) is 20.4. The normalized spacial score (nSPS) is 16.5. The van der Waals surface area contributed by atoms with Crippen LogP contribution in [-0.2, 0) is 45.3 Å². The van der Waals surface area contributed by atoms with Gasteiger partial charge >= 0.3 is 12.4 Å². The number of nitrogens with zero attached hydrogens (tertiary/aromatic N) is 7. The lowest BCUT2D eigenvalue weighted by atomic mass is 10.0. The molecule has 3 aliphatic carbocycles. The number of hydrogen-bond donors (Lipinski definition) is 0. The third kappa shape index (κ3) is 7.77. The first kappa shape index (κ1) is 31.1.